The summed E-state index contributed by atoms with van der Waals surface area (Å²) in [6.07, 6.45) is 2.49. The van der Waals surface area contributed by atoms with Gasteiger partial charge in [-0.25, -0.2) is 4.98 Å². The van der Waals surface area contributed by atoms with Gasteiger partial charge in [-0.3, -0.25) is 4.79 Å². The van der Waals surface area contributed by atoms with Gasteiger partial charge in [0, 0.05) is 26.8 Å². The molecular weight excluding hydrogens is 288 g/mol. The van der Waals surface area contributed by atoms with Gasteiger partial charge in [-0.05, 0) is 18.2 Å². The van der Waals surface area contributed by atoms with Crippen LogP contribution in [0, 0.1) is 0 Å². The highest BCUT2D eigenvalue weighted by atomic mass is 32.1. The van der Waals surface area contributed by atoms with Crippen LogP contribution in [0.5, 0.6) is 0 Å². The number of methoxy groups -OCH3 is 1. The molecule has 6 heteroatoms. The largest absolute Gasteiger partial charge is 0.389 e. The van der Waals surface area contributed by atoms with Gasteiger partial charge in [0.05, 0.1) is 22.9 Å². The molecule has 21 heavy (non-hydrogen) atoms. The Hall–Kier alpha value is -1.76. The maximum atomic E-state index is 11.9. The lowest BCUT2D eigenvalue weighted by Crippen LogP contribution is -2.35. The zero-order chi connectivity index (χ0) is 15.2. The Morgan fingerprint density at radius 1 is 1.52 bits per heavy atom. The van der Waals surface area contributed by atoms with Crippen LogP contribution in [0.2, 0.25) is 0 Å². The van der Waals surface area contributed by atoms with Crippen molar-refractivity contribution < 1.29 is 14.6 Å². The highest BCUT2D eigenvalue weighted by molar-refractivity contribution is 7.19. The highest BCUT2D eigenvalue weighted by Gasteiger charge is 2.11. The fourth-order valence-corrected chi connectivity index (χ4v) is 2.75. The van der Waals surface area contributed by atoms with Crippen LogP contribution in [0.3, 0.4) is 0 Å². The third-order valence-electron chi connectivity index (χ3n) is 2.90. The van der Waals surface area contributed by atoms with E-state index >= 15 is 0 Å². The average molecular weight is 306 g/mol. The third kappa shape index (κ3) is 4.35. The fourth-order valence-electron chi connectivity index (χ4n) is 1.88. The standard InChI is InChI=1S/C15H18N2O3S/c1-17(9-11(18)10-20-2)15(19)8-7-14-16-12-5-3-4-6-13(12)21-14/h3-8,11,18H,9-10H2,1-2H3. The lowest BCUT2D eigenvalue weighted by molar-refractivity contribution is -0.126. The molecule has 0 saturated heterocycles. The van der Waals surface area contributed by atoms with Gasteiger partial charge in [0.15, 0.2) is 0 Å². The number of hydrogen-bond acceptors (Lipinski definition) is 5. The van der Waals surface area contributed by atoms with E-state index < -0.39 is 6.10 Å². The molecule has 0 aliphatic rings. The van der Waals surface area contributed by atoms with Gasteiger partial charge in [-0.2, -0.15) is 0 Å². The summed E-state index contributed by atoms with van der Waals surface area (Å²) in [6.45, 7) is 0.441. The molecule has 0 saturated carbocycles. The molecule has 1 aromatic carbocycles. The predicted octanol–water partition coefficient (Wildman–Crippen LogP) is 1.78. The summed E-state index contributed by atoms with van der Waals surface area (Å²) in [5, 5.41) is 10.4. The van der Waals surface area contributed by atoms with Crippen LogP contribution < -0.4 is 0 Å². The van der Waals surface area contributed by atoms with E-state index in [4.69, 9.17) is 4.74 Å². The second kappa shape index (κ2) is 7.31. The number of aromatic nitrogens is 1. The number of amides is 1. The van der Waals surface area contributed by atoms with Gasteiger partial charge >= 0.3 is 0 Å². The van der Waals surface area contributed by atoms with Gasteiger partial charge < -0.3 is 14.7 Å². The quantitative estimate of drug-likeness (QED) is 0.826. The minimum atomic E-state index is -0.681. The van der Waals surface area contributed by atoms with E-state index in [9.17, 15) is 9.90 Å². The number of carbonyl (C=O) groups excluding carboxylic acids is 1. The Labute approximate surface area is 127 Å². The second-order valence-electron chi connectivity index (χ2n) is 4.68. The normalized spacial score (nSPS) is 12.9. The molecule has 0 radical (unpaired) electrons. The molecule has 0 aliphatic heterocycles. The van der Waals surface area contributed by atoms with Crippen molar-refractivity contribution in [3.05, 3.63) is 35.3 Å². The van der Waals surface area contributed by atoms with Crippen LogP contribution in [-0.2, 0) is 9.53 Å². The summed E-state index contributed by atoms with van der Waals surface area (Å²) in [4.78, 5) is 17.8. The first kappa shape index (κ1) is 15.6. The Morgan fingerprint density at radius 3 is 3.00 bits per heavy atom. The van der Waals surface area contributed by atoms with E-state index in [0.717, 1.165) is 15.2 Å². The van der Waals surface area contributed by atoms with E-state index in [1.165, 1.54) is 29.4 Å². The number of ether oxygens (including phenoxy) is 1. The van der Waals surface area contributed by atoms with Crippen LogP contribution in [0.25, 0.3) is 16.3 Å². The van der Waals surface area contributed by atoms with Crippen LogP contribution in [0.15, 0.2) is 30.3 Å². The van der Waals surface area contributed by atoms with Gasteiger partial charge in [0.25, 0.3) is 0 Å². The second-order valence-corrected chi connectivity index (χ2v) is 5.74. The molecule has 0 spiro atoms. The predicted molar refractivity (Wildman–Crippen MR) is 84.2 cm³/mol. The van der Waals surface area contributed by atoms with Crippen LogP contribution in [-0.4, -0.2) is 54.3 Å². The Balaban J connectivity index is 1.97. The van der Waals surface area contributed by atoms with Crippen molar-refractivity contribution in [3.8, 4) is 0 Å². The molecule has 2 aromatic rings. The number of benzene rings is 1. The number of fused-ring (bicyclic) bond motifs is 1. The summed E-state index contributed by atoms with van der Waals surface area (Å²) in [6, 6.07) is 7.84. The van der Waals surface area contributed by atoms with Crippen molar-refractivity contribution >= 4 is 33.5 Å². The van der Waals surface area contributed by atoms with Gasteiger partial charge in [-0.15, -0.1) is 11.3 Å². The molecule has 1 aromatic heterocycles. The molecule has 112 valence electrons. The molecule has 1 N–H and O–H groups in total. The lowest BCUT2D eigenvalue weighted by Gasteiger charge is -2.18. The number of thiazole rings is 1. The van der Waals surface area contributed by atoms with E-state index in [1.54, 1.807) is 13.1 Å². The molecule has 1 heterocycles. The summed E-state index contributed by atoms with van der Waals surface area (Å²) in [7, 11) is 3.15. The smallest absolute Gasteiger partial charge is 0.246 e. The number of rotatable bonds is 6. The minimum absolute atomic E-state index is 0.176. The monoisotopic (exact) mass is 306 g/mol. The third-order valence-corrected chi connectivity index (χ3v) is 3.90. The molecule has 1 unspecified atom stereocenters. The van der Waals surface area contributed by atoms with Crippen molar-refractivity contribution in [1.29, 1.82) is 0 Å². The number of para-hydroxylation sites is 1. The zero-order valence-electron chi connectivity index (χ0n) is 12.0. The van der Waals surface area contributed by atoms with Gasteiger partial charge in [-0.1, -0.05) is 12.1 Å². The Bertz CT molecular complexity index is 606. The van der Waals surface area contributed by atoms with E-state index in [2.05, 4.69) is 4.98 Å². The fraction of sp³-hybridized carbons (Fsp3) is 0.333. The molecule has 0 fully saturated rings. The van der Waals surface area contributed by atoms with Crippen LogP contribution in [0.4, 0.5) is 0 Å². The first-order chi connectivity index (χ1) is 10.1. The van der Waals surface area contributed by atoms with Crippen molar-refractivity contribution in [2.75, 3.05) is 27.3 Å². The number of aliphatic hydroxyl groups is 1. The van der Waals surface area contributed by atoms with E-state index in [-0.39, 0.29) is 19.1 Å². The Kier molecular flexibility index (Phi) is 5.44. The molecule has 0 bridgehead atoms. The topological polar surface area (TPSA) is 62.7 Å². The maximum Gasteiger partial charge on any atom is 0.246 e. The van der Waals surface area contributed by atoms with Crippen LogP contribution >= 0.6 is 11.3 Å². The van der Waals surface area contributed by atoms with E-state index in [1.807, 2.05) is 24.3 Å². The summed E-state index contributed by atoms with van der Waals surface area (Å²) in [5.41, 5.74) is 0.929. The number of hydrogen-bond donors (Lipinski definition) is 1. The average Bonchev–Trinajstić information content (AvgIpc) is 2.87. The highest BCUT2D eigenvalue weighted by Crippen LogP contribution is 2.22. The molecule has 1 atom stereocenters. The van der Waals surface area contributed by atoms with Crippen molar-refractivity contribution in [3.63, 3.8) is 0 Å². The SMILES string of the molecule is COCC(O)CN(C)C(=O)C=Cc1nc2ccccc2s1. The molecule has 0 aliphatic carbocycles. The van der Waals surface area contributed by atoms with Crippen molar-refractivity contribution in [2.45, 2.75) is 6.10 Å². The summed E-state index contributed by atoms with van der Waals surface area (Å²) >= 11 is 1.53. The van der Waals surface area contributed by atoms with Crippen LogP contribution in [0.1, 0.15) is 5.01 Å². The number of nitrogens with zero attached hydrogens (tertiary/aromatic N) is 2. The minimum Gasteiger partial charge on any atom is -0.389 e. The number of aliphatic hydroxyl groups excluding tert-OH is 1. The zero-order valence-corrected chi connectivity index (χ0v) is 12.8. The summed E-state index contributed by atoms with van der Waals surface area (Å²) in [5.74, 6) is -0.176. The molecule has 5 nitrogen and oxygen atoms in total. The summed E-state index contributed by atoms with van der Waals surface area (Å²) < 4.78 is 5.92. The molecule has 1 amide bonds. The van der Waals surface area contributed by atoms with Crippen molar-refractivity contribution in [2.24, 2.45) is 0 Å². The molecule has 2 rings (SSSR count). The maximum absolute atomic E-state index is 11.9. The number of likely N-dealkylation sites (N-methyl/N-ethyl adjacent to an activating group) is 1. The van der Waals surface area contributed by atoms with Crippen molar-refractivity contribution in [1.82, 2.24) is 9.88 Å². The van der Waals surface area contributed by atoms with Gasteiger partial charge in [0.1, 0.15) is 5.01 Å². The number of carbonyl (C=O) groups is 1. The lowest BCUT2D eigenvalue weighted by atomic mass is 10.3. The van der Waals surface area contributed by atoms with Gasteiger partial charge in [0.2, 0.25) is 5.91 Å². The van der Waals surface area contributed by atoms with E-state index in [0.29, 0.717) is 0 Å². The molecular formula is C15H18N2O3S. The first-order valence-electron chi connectivity index (χ1n) is 6.56. The Morgan fingerprint density at radius 2 is 2.29 bits per heavy atom. The first-order valence-corrected chi connectivity index (χ1v) is 7.37.